The van der Waals surface area contributed by atoms with Crippen LogP contribution in [0.1, 0.15) is 44.6 Å². The molecule has 1 saturated carbocycles. The molecule has 1 aliphatic carbocycles. The Kier molecular flexibility index (Phi) is 2.99. The lowest BCUT2D eigenvalue weighted by Crippen LogP contribution is -2.07. The second kappa shape index (κ2) is 4.97. The largest absolute Gasteiger partial charge is 0.337 e. The fourth-order valence-electron chi connectivity index (χ4n) is 3.86. The number of benzene rings is 2. The molecule has 102 valence electrons. The molecule has 0 radical (unpaired) electrons. The fourth-order valence-corrected chi connectivity index (χ4v) is 3.86. The molecule has 0 bridgehead atoms. The average molecular weight is 263 g/mol. The van der Waals surface area contributed by atoms with Crippen molar-refractivity contribution in [2.24, 2.45) is 0 Å². The highest BCUT2D eigenvalue weighted by molar-refractivity contribution is 6.08. The van der Waals surface area contributed by atoms with Crippen LogP contribution in [-0.4, -0.2) is 4.57 Å². The number of rotatable bonds is 1. The van der Waals surface area contributed by atoms with E-state index in [0.29, 0.717) is 6.04 Å². The van der Waals surface area contributed by atoms with E-state index in [1.165, 1.54) is 60.3 Å². The molecule has 1 heterocycles. The lowest BCUT2D eigenvalue weighted by molar-refractivity contribution is 0.467. The van der Waals surface area contributed by atoms with Crippen LogP contribution in [0.15, 0.2) is 48.5 Å². The number of para-hydroxylation sites is 2. The summed E-state index contributed by atoms with van der Waals surface area (Å²) in [5.74, 6) is 0. The third-order valence-corrected chi connectivity index (χ3v) is 4.81. The number of fused-ring (bicyclic) bond motifs is 3. The predicted molar refractivity (Wildman–Crippen MR) is 86.2 cm³/mol. The lowest BCUT2D eigenvalue weighted by Gasteiger charge is -2.19. The molecule has 2 aromatic carbocycles. The predicted octanol–water partition coefficient (Wildman–Crippen LogP) is 5.69. The number of hydrogen-bond donors (Lipinski definition) is 0. The topological polar surface area (TPSA) is 4.93 Å². The molecule has 0 N–H and O–H groups in total. The van der Waals surface area contributed by atoms with E-state index in [-0.39, 0.29) is 0 Å². The van der Waals surface area contributed by atoms with Crippen LogP contribution in [0.4, 0.5) is 0 Å². The lowest BCUT2D eigenvalue weighted by atomic mass is 10.1. The molecule has 1 aromatic heterocycles. The van der Waals surface area contributed by atoms with Crippen molar-refractivity contribution in [3.05, 3.63) is 48.5 Å². The van der Waals surface area contributed by atoms with Gasteiger partial charge in [0.25, 0.3) is 0 Å². The van der Waals surface area contributed by atoms with Crippen molar-refractivity contribution in [1.82, 2.24) is 4.57 Å². The van der Waals surface area contributed by atoms with Crippen LogP contribution in [0.5, 0.6) is 0 Å². The Morgan fingerprint density at radius 2 is 1.15 bits per heavy atom. The van der Waals surface area contributed by atoms with Crippen LogP contribution in [-0.2, 0) is 0 Å². The Morgan fingerprint density at radius 1 is 0.650 bits per heavy atom. The number of aromatic nitrogens is 1. The van der Waals surface area contributed by atoms with Crippen LogP contribution in [0, 0.1) is 0 Å². The Morgan fingerprint density at radius 3 is 1.70 bits per heavy atom. The first-order chi connectivity index (χ1) is 9.95. The Hall–Kier alpha value is -1.76. The van der Waals surface area contributed by atoms with Crippen molar-refractivity contribution in [1.29, 1.82) is 0 Å². The first kappa shape index (κ1) is 12.0. The highest BCUT2D eigenvalue weighted by Crippen LogP contribution is 2.36. The maximum absolute atomic E-state index is 2.62. The van der Waals surface area contributed by atoms with E-state index in [4.69, 9.17) is 0 Å². The summed E-state index contributed by atoms with van der Waals surface area (Å²) in [6, 6.07) is 18.5. The molecule has 0 atom stereocenters. The summed E-state index contributed by atoms with van der Waals surface area (Å²) in [6.07, 6.45) is 8.25. The van der Waals surface area contributed by atoms with E-state index in [0.717, 1.165) is 0 Å². The van der Waals surface area contributed by atoms with E-state index in [1.807, 2.05) is 0 Å². The summed E-state index contributed by atoms with van der Waals surface area (Å²) >= 11 is 0. The molecule has 0 amide bonds. The molecule has 1 aliphatic rings. The molecule has 1 heteroatoms. The van der Waals surface area contributed by atoms with Gasteiger partial charge in [0.05, 0.1) is 0 Å². The Labute approximate surface area is 120 Å². The molecule has 0 spiro atoms. The molecule has 3 aromatic rings. The monoisotopic (exact) mass is 263 g/mol. The van der Waals surface area contributed by atoms with Gasteiger partial charge in [0.1, 0.15) is 0 Å². The minimum absolute atomic E-state index is 0.683. The molecule has 4 rings (SSSR count). The van der Waals surface area contributed by atoms with Gasteiger partial charge in [-0.3, -0.25) is 0 Å². The molecule has 1 nitrogen and oxygen atoms in total. The van der Waals surface area contributed by atoms with Crippen molar-refractivity contribution < 1.29 is 0 Å². The Balaban J connectivity index is 1.99. The van der Waals surface area contributed by atoms with Crippen molar-refractivity contribution >= 4 is 21.8 Å². The summed E-state index contributed by atoms with van der Waals surface area (Å²) in [6.45, 7) is 0. The van der Waals surface area contributed by atoms with Gasteiger partial charge in [0.15, 0.2) is 0 Å². The summed E-state index contributed by atoms with van der Waals surface area (Å²) < 4.78 is 2.62. The van der Waals surface area contributed by atoms with Crippen LogP contribution >= 0.6 is 0 Å². The van der Waals surface area contributed by atoms with Crippen molar-refractivity contribution in [2.75, 3.05) is 0 Å². The smallest absolute Gasteiger partial charge is 0.0493 e. The van der Waals surface area contributed by atoms with E-state index < -0.39 is 0 Å². The zero-order valence-electron chi connectivity index (χ0n) is 11.9. The zero-order chi connectivity index (χ0) is 13.4. The van der Waals surface area contributed by atoms with Gasteiger partial charge >= 0.3 is 0 Å². The second-order valence-corrected chi connectivity index (χ2v) is 6.05. The van der Waals surface area contributed by atoms with Crippen molar-refractivity contribution in [3.63, 3.8) is 0 Å². The van der Waals surface area contributed by atoms with E-state index >= 15 is 0 Å². The summed E-state index contributed by atoms with van der Waals surface area (Å²) in [4.78, 5) is 0. The summed E-state index contributed by atoms with van der Waals surface area (Å²) in [5, 5.41) is 2.82. The van der Waals surface area contributed by atoms with Crippen molar-refractivity contribution in [2.45, 2.75) is 44.6 Å². The van der Waals surface area contributed by atoms with Gasteiger partial charge in [0.2, 0.25) is 0 Å². The average Bonchev–Trinajstić information content (AvgIpc) is 2.65. The highest BCUT2D eigenvalue weighted by Gasteiger charge is 2.19. The number of hydrogen-bond acceptors (Lipinski definition) is 0. The Bertz CT molecular complexity index is 676. The van der Waals surface area contributed by atoms with Crippen LogP contribution < -0.4 is 0 Å². The van der Waals surface area contributed by atoms with Crippen LogP contribution in [0.25, 0.3) is 21.8 Å². The number of nitrogens with zero attached hydrogens (tertiary/aromatic N) is 1. The summed E-state index contributed by atoms with van der Waals surface area (Å²) in [5.41, 5.74) is 2.83. The fraction of sp³-hybridized carbons (Fsp3) is 0.368. The van der Waals surface area contributed by atoms with Gasteiger partial charge < -0.3 is 4.57 Å². The van der Waals surface area contributed by atoms with Gasteiger partial charge in [-0.1, -0.05) is 62.1 Å². The minimum Gasteiger partial charge on any atom is -0.337 e. The standard InChI is InChI=1S/C19H21N/c1-2-4-10-15(9-3-1)20-18-13-7-5-11-16(18)17-12-6-8-14-19(17)20/h5-8,11-15H,1-4,9-10H2. The quantitative estimate of drug-likeness (QED) is 0.497. The van der Waals surface area contributed by atoms with Gasteiger partial charge in [-0.15, -0.1) is 0 Å². The second-order valence-electron chi connectivity index (χ2n) is 6.05. The van der Waals surface area contributed by atoms with Gasteiger partial charge in [-0.05, 0) is 25.0 Å². The normalized spacial score (nSPS) is 17.6. The van der Waals surface area contributed by atoms with Gasteiger partial charge in [-0.2, -0.15) is 0 Å². The SMILES string of the molecule is c1ccc2c(c1)c1ccccc1n2C1CCCCCC1. The molecule has 20 heavy (non-hydrogen) atoms. The molecule has 1 fully saturated rings. The van der Waals surface area contributed by atoms with E-state index in [2.05, 4.69) is 53.1 Å². The van der Waals surface area contributed by atoms with E-state index in [9.17, 15) is 0 Å². The van der Waals surface area contributed by atoms with Crippen LogP contribution in [0.2, 0.25) is 0 Å². The minimum atomic E-state index is 0.683. The first-order valence-corrected chi connectivity index (χ1v) is 7.93. The molecule has 0 saturated heterocycles. The molecular formula is C19H21N. The van der Waals surface area contributed by atoms with Crippen molar-refractivity contribution in [3.8, 4) is 0 Å². The van der Waals surface area contributed by atoms with Gasteiger partial charge in [0, 0.05) is 27.8 Å². The summed E-state index contributed by atoms with van der Waals surface area (Å²) in [7, 11) is 0. The molecule has 0 unspecified atom stereocenters. The van der Waals surface area contributed by atoms with Gasteiger partial charge in [-0.25, -0.2) is 0 Å². The molecule has 0 aliphatic heterocycles. The van der Waals surface area contributed by atoms with Crippen LogP contribution in [0.3, 0.4) is 0 Å². The third-order valence-electron chi connectivity index (χ3n) is 4.81. The maximum atomic E-state index is 2.62. The molecular weight excluding hydrogens is 242 g/mol. The zero-order valence-corrected chi connectivity index (χ0v) is 11.9. The maximum Gasteiger partial charge on any atom is 0.0493 e. The first-order valence-electron chi connectivity index (χ1n) is 7.93. The van der Waals surface area contributed by atoms with E-state index in [1.54, 1.807) is 0 Å². The highest BCUT2D eigenvalue weighted by atomic mass is 15.0. The third kappa shape index (κ3) is 1.84.